The molecule has 24 heavy (non-hydrogen) atoms. The monoisotopic (exact) mass is 345 g/mol. The summed E-state index contributed by atoms with van der Waals surface area (Å²) in [6.07, 6.45) is 2.84. The maximum absolute atomic E-state index is 14.1. The lowest BCUT2D eigenvalue weighted by Gasteiger charge is -2.09. The molecule has 6 nitrogen and oxygen atoms in total. The van der Waals surface area contributed by atoms with Crippen LogP contribution < -0.4 is 5.56 Å². The second-order valence-corrected chi connectivity index (χ2v) is 5.24. The van der Waals surface area contributed by atoms with Crippen LogP contribution in [0.15, 0.2) is 53.6 Å². The van der Waals surface area contributed by atoms with Crippen molar-refractivity contribution in [3.05, 3.63) is 75.5 Å². The molecule has 2 aromatic heterocycles. The van der Waals surface area contributed by atoms with E-state index < -0.39 is 22.9 Å². The summed E-state index contributed by atoms with van der Waals surface area (Å²) in [4.78, 5) is 27.5. The van der Waals surface area contributed by atoms with Gasteiger partial charge in [0.25, 0.3) is 5.56 Å². The number of benzene rings is 1. The zero-order valence-electron chi connectivity index (χ0n) is 12.0. The second kappa shape index (κ2) is 6.21. The average molecular weight is 346 g/mol. The Bertz CT molecular complexity index is 990. The Morgan fingerprint density at radius 2 is 2.04 bits per heavy atom. The van der Waals surface area contributed by atoms with E-state index >= 15 is 0 Å². The lowest BCUT2D eigenvalue weighted by atomic mass is 10.1. The van der Waals surface area contributed by atoms with Crippen molar-refractivity contribution in [1.82, 2.24) is 14.8 Å². The third-order valence-corrected chi connectivity index (χ3v) is 3.47. The molecule has 0 aliphatic heterocycles. The zero-order chi connectivity index (χ0) is 17.3. The van der Waals surface area contributed by atoms with E-state index in [1.165, 1.54) is 30.6 Å². The fourth-order valence-corrected chi connectivity index (χ4v) is 2.29. The van der Waals surface area contributed by atoms with Gasteiger partial charge in [-0.2, -0.15) is 9.78 Å². The van der Waals surface area contributed by atoms with Gasteiger partial charge in [-0.15, -0.1) is 0 Å². The van der Waals surface area contributed by atoms with E-state index in [0.717, 1.165) is 16.8 Å². The zero-order valence-corrected chi connectivity index (χ0v) is 12.7. The van der Waals surface area contributed by atoms with E-state index in [0.29, 0.717) is 0 Å². The van der Waals surface area contributed by atoms with E-state index in [1.54, 1.807) is 6.07 Å². The van der Waals surface area contributed by atoms with E-state index in [9.17, 15) is 19.1 Å². The molecule has 3 rings (SSSR count). The number of hydrogen-bond donors (Lipinski definition) is 1. The molecule has 0 saturated carbocycles. The van der Waals surface area contributed by atoms with E-state index in [1.807, 2.05) is 0 Å². The number of halogens is 2. The molecule has 0 bridgehead atoms. The fraction of sp³-hybridized carbons (Fsp3) is 0. The number of carbonyl (C=O) groups is 1. The van der Waals surface area contributed by atoms with Gasteiger partial charge in [-0.05, 0) is 36.4 Å². The molecule has 2 heterocycles. The maximum atomic E-state index is 14.1. The summed E-state index contributed by atoms with van der Waals surface area (Å²) in [5, 5.41) is 13.5. The SMILES string of the molecule is O=C(O)c1cc(-c2ccc(Cl)cc2F)nn(-c2cccnc2)c1=O. The minimum atomic E-state index is -1.43. The lowest BCUT2D eigenvalue weighted by Crippen LogP contribution is -2.27. The summed E-state index contributed by atoms with van der Waals surface area (Å²) >= 11 is 5.72. The number of aromatic carboxylic acids is 1. The lowest BCUT2D eigenvalue weighted by molar-refractivity contribution is 0.0694. The number of carboxylic acids is 1. The molecular formula is C16H9ClFN3O3. The van der Waals surface area contributed by atoms with Gasteiger partial charge in [-0.1, -0.05) is 11.6 Å². The van der Waals surface area contributed by atoms with Gasteiger partial charge in [-0.25, -0.2) is 9.18 Å². The van der Waals surface area contributed by atoms with Crippen LogP contribution in [0.5, 0.6) is 0 Å². The summed E-state index contributed by atoms with van der Waals surface area (Å²) in [5.41, 5.74) is -1.09. The second-order valence-electron chi connectivity index (χ2n) is 4.80. The predicted molar refractivity (Wildman–Crippen MR) is 85.0 cm³/mol. The molecule has 0 atom stereocenters. The number of nitrogens with zero attached hydrogens (tertiary/aromatic N) is 3. The van der Waals surface area contributed by atoms with Crippen LogP contribution in [0.4, 0.5) is 4.39 Å². The minimum absolute atomic E-state index is 0.00924. The van der Waals surface area contributed by atoms with Crippen LogP contribution in [0.25, 0.3) is 16.9 Å². The van der Waals surface area contributed by atoms with Crippen molar-refractivity contribution in [3.8, 4) is 16.9 Å². The van der Waals surface area contributed by atoms with Crippen molar-refractivity contribution in [1.29, 1.82) is 0 Å². The molecule has 1 aromatic carbocycles. The Hall–Kier alpha value is -3.06. The van der Waals surface area contributed by atoms with Gasteiger partial charge >= 0.3 is 5.97 Å². The highest BCUT2D eigenvalue weighted by atomic mass is 35.5. The Kier molecular flexibility index (Phi) is 4.09. The summed E-state index contributed by atoms with van der Waals surface area (Å²) in [7, 11) is 0. The van der Waals surface area contributed by atoms with Crippen molar-refractivity contribution in [3.63, 3.8) is 0 Å². The van der Waals surface area contributed by atoms with Crippen LogP contribution in [-0.2, 0) is 0 Å². The van der Waals surface area contributed by atoms with Crippen molar-refractivity contribution in [2.24, 2.45) is 0 Å². The molecule has 8 heteroatoms. The predicted octanol–water partition coefficient (Wildman–Crippen LogP) is 2.79. The quantitative estimate of drug-likeness (QED) is 0.789. The Labute approximate surface area is 139 Å². The summed E-state index contributed by atoms with van der Waals surface area (Å²) in [6.45, 7) is 0. The first kappa shape index (κ1) is 15.8. The largest absolute Gasteiger partial charge is 0.477 e. The molecule has 0 amide bonds. The third-order valence-electron chi connectivity index (χ3n) is 3.24. The molecule has 0 aliphatic carbocycles. The summed E-state index contributed by atoms with van der Waals surface area (Å²) in [5.74, 6) is -2.11. The van der Waals surface area contributed by atoms with Gasteiger partial charge in [0.05, 0.1) is 17.6 Å². The number of rotatable bonds is 3. The van der Waals surface area contributed by atoms with E-state index in [2.05, 4.69) is 10.1 Å². The van der Waals surface area contributed by atoms with Gasteiger partial charge in [0.1, 0.15) is 11.4 Å². The van der Waals surface area contributed by atoms with Crippen molar-refractivity contribution < 1.29 is 14.3 Å². The number of carboxylic acid groups (broad SMARTS) is 1. The molecule has 120 valence electrons. The number of hydrogen-bond acceptors (Lipinski definition) is 4. The molecule has 0 aliphatic rings. The molecule has 0 unspecified atom stereocenters. The molecule has 3 aromatic rings. The van der Waals surface area contributed by atoms with Gasteiger partial charge in [-0.3, -0.25) is 9.78 Å². The van der Waals surface area contributed by atoms with Crippen LogP contribution in [-0.4, -0.2) is 25.8 Å². The first-order valence-electron chi connectivity index (χ1n) is 6.71. The van der Waals surface area contributed by atoms with Crippen molar-refractivity contribution in [2.45, 2.75) is 0 Å². The van der Waals surface area contributed by atoms with Gasteiger partial charge in [0.15, 0.2) is 0 Å². The normalized spacial score (nSPS) is 10.6. The first-order valence-corrected chi connectivity index (χ1v) is 7.08. The van der Waals surface area contributed by atoms with Crippen LogP contribution in [0.2, 0.25) is 5.02 Å². The number of aromatic nitrogens is 3. The highest BCUT2D eigenvalue weighted by Crippen LogP contribution is 2.24. The third kappa shape index (κ3) is 2.89. The molecule has 0 fully saturated rings. The minimum Gasteiger partial charge on any atom is -0.477 e. The fourth-order valence-electron chi connectivity index (χ4n) is 2.13. The van der Waals surface area contributed by atoms with Crippen LogP contribution >= 0.6 is 11.6 Å². The number of pyridine rings is 1. The summed E-state index contributed by atoms with van der Waals surface area (Å²) in [6, 6.07) is 8.03. The van der Waals surface area contributed by atoms with Crippen molar-refractivity contribution >= 4 is 17.6 Å². The molecule has 0 radical (unpaired) electrons. The van der Waals surface area contributed by atoms with E-state index in [-0.39, 0.29) is 22.0 Å². The first-order chi connectivity index (χ1) is 11.5. The Morgan fingerprint density at radius 3 is 2.67 bits per heavy atom. The smallest absolute Gasteiger partial charge is 0.341 e. The van der Waals surface area contributed by atoms with Crippen LogP contribution in [0.1, 0.15) is 10.4 Å². The maximum Gasteiger partial charge on any atom is 0.341 e. The van der Waals surface area contributed by atoms with Gasteiger partial charge in [0.2, 0.25) is 0 Å². The molecule has 0 saturated heterocycles. The average Bonchev–Trinajstić information content (AvgIpc) is 2.56. The van der Waals surface area contributed by atoms with Crippen LogP contribution in [0, 0.1) is 5.82 Å². The topological polar surface area (TPSA) is 85.1 Å². The van der Waals surface area contributed by atoms with Crippen molar-refractivity contribution in [2.75, 3.05) is 0 Å². The van der Waals surface area contributed by atoms with E-state index in [4.69, 9.17) is 11.6 Å². The molecular weight excluding hydrogens is 337 g/mol. The highest BCUT2D eigenvalue weighted by Gasteiger charge is 2.18. The van der Waals surface area contributed by atoms with Gasteiger partial charge in [0, 0.05) is 16.8 Å². The van der Waals surface area contributed by atoms with Gasteiger partial charge < -0.3 is 5.11 Å². The summed E-state index contributed by atoms with van der Waals surface area (Å²) < 4.78 is 15.0. The molecule has 0 spiro atoms. The highest BCUT2D eigenvalue weighted by molar-refractivity contribution is 6.30. The standard InChI is InChI=1S/C16H9ClFN3O3/c17-9-3-4-11(13(18)6-9)14-7-12(16(23)24)15(22)21(20-14)10-2-1-5-19-8-10/h1-8H,(H,23,24). The van der Waals surface area contributed by atoms with Crippen LogP contribution in [0.3, 0.4) is 0 Å². The Balaban J connectivity index is 2.30. The Morgan fingerprint density at radius 1 is 1.25 bits per heavy atom. The molecule has 1 N–H and O–H groups in total.